The number of nitrogens with zero attached hydrogens (tertiary/aromatic N) is 1. The number of halogens is 2. The van der Waals surface area contributed by atoms with Crippen molar-refractivity contribution in [2.24, 2.45) is 0 Å². The van der Waals surface area contributed by atoms with Crippen molar-refractivity contribution in [3.05, 3.63) is 216 Å². The topological polar surface area (TPSA) is 110 Å². The van der Waals surface area contributed by atoms with Gasteiger partial charge in [0.25, 0.3) is 0 Å². The lowest BCUT2D eigenvalue weighted by Crippen LogP contribution is -2.09. The molecule has 0 bridgehead atoms. The monoisotopic (exact) mass is 1120 g/mol. The predicted octanol–water partition coefficient (Wildman–Crippen LogP) is 20.0. The van der Waals surface area contributed by atoms with Gasteiger partial charge < -0.3 is 41.7 Å². The lowest BCUT2D eigenvalue weighted by atomic mass is 10.1. The van der Waals surface area contributed by atoms with Crippen molar-refractivity contribution in [1.82, 2.24) is 5.16 Å². The van der Waals surface area contributed by atoms with Crippen LogP contribution in [0.25, 0.3) is 11.3 Å². The average Bonchev–Trinajstić information content (AvgIpc) is 3.95. The average molecular weight is 1120 g/mol. The molecule has 0 saturated carbocycles. The van der Waals surface area contributed by atoms with Gasteiger partial charge in [-0.3, -0.25) is 0 Å². The molecule has 0 aliphatic heterocycles. The normalized spacial score (nSPS) is 10.3. The van der Waals surface area contributed by atoms with E-state index in [1.54, 1.807) is 6.26 Å². The highest BCUT2D eigenvalue weighted by atomic mass is 19.2. The largest absolute Gasteiger partial charge is 0.383 e. The number of benzene rings is 7. The van der Waals surface area contributed by atoms with Crippen LogP contribution >= 0.6 is 0 Å². The van der Waals surface area contributed by atoms with Gasteiger partial charge >= 0.3 is 0 Å². The zero-order valence-electron chi connectivity index (χ0n) is 52.9. The maximum absolute atomic E-state index is 12.6. The van der Waals surface area contributed by atoms with Crippen molar-refractivity contribution in [3.8, 4) is 11.3 Å². The maximum Gasteiger partial charge on any atom is 0.160 e. The molecule has 0 saturated heterocycles. The smallest absolute Gasteiger partial charge is 0.160 e. The molecule has 1 heterocycles. The molecule has 7 N–H and O–H groups in total. The highest BCUT2D eigenvalue weighted by Crippen LogP contribution is 2.20. The number of aromatic nitrogens is 1. The molecule has 8 rings (SSSR count). The highest BCUT2D eigenvalue weighted by molar-refractivity contribution is 5.62. The minimum atomic E-state index is -0.819. The van der Waals surface area contributed by atoms with E-state index in [9.17, 15) is 8.78 Å². The molecule has 82 heavy (non-hydrogen) atoms. The molecule has 444 valence electrons. The van der Waals surface area contributed by atoms with Gasteiger partial charge in [-0.15, -0.1) is 0 Å². The summed E-state index contributed by atoms with van der Waals surface area (Å²) in [5.41, 5.74) is 16.2. The van der Waals surface area contributed by atoms with Crippen molar-refractivity contribution in [3.63, 3.8) is 0 Å². The van der Waals surface area contributed by atoms with E-state index in [0.717, 1.165) is 29.1 Å². The minimum absolute atomic E-state index is 0.217. The zero-order chi connectivity index (χ0) is 61.1. The van der Waals surface area contributed by atoms with Crippen LogP contribution in [0, 0.1) is 46.3 Å². The van der Waals surface area contributed by atoms with E-state index >= 15 is 0 Å². The standard InChI is InChI=1S/C12H14N2O.5C10H15N.C9H11F2N/c1-9(2)13-11-5-3-10(4-6-11)12-7-8-15-14-12;5*1-8(2)11-10-6-4-9(3)5-7-10;1-6(2)12-7-3-4-8(10)9(11)5-7/h3-9,13H,1-2H3;5*4-8,11H,1-3H3;3-6,12H,1-2H3. The Bertz CT molecular complexity index is 2550. The molecular formula is C71H100F2N8O. The molecule has 0 aliphatic rings. The van der Waals surface area contributed by atoms with Gasteiger partial charge in [-0.1, -0.05) is 106 Å². The lowest BCUT2D eigenvalue weighted by Gasteiger charge is -2.09. The molecule has 1 aromatic heterocycles. The van der Waals surface area contributed by atoms with Crippen LogP contribution in [0.15, 0.2) is 181 Å². The van der Waals surface area contributed by atoms with Crippen LogP contribution in [0.3, 0.4) is 0 Å². The molecule has 9 nitrogen and oxygen atoms in total. The maximum atomic E-state index is 12.6. The van der Waals surface area contributed by atoms with Gasteiger partial charge in [0.1, 0.15) is 12.0 Å². The molecule has 0 aliphatic carbocycles. The van der Waals surface area contributed by atoms with Crippen LogP contribution in [0.5, 0.6) is 0 Å². The van der Waals surface area contributed by atoms with E-state index in [1.165, 1.54) is 62.3 Å². The third kappa shape index (κ3) is 33.7. The number of anilines is 7. The Morgan fingerprint density at radius 3 is 0.707 bits per heavy atom. The van der Waals surface area contributed by atoms with Crippen LogP contribution in [0.4, 0.5) is 48.6 Å². The second-order valence-corrected chi connectivity index (χ2v) is 22.5. The molecule has 8 aromatic rings. The molecule has 7 aromatic carbocycles. The predicted molar refractivity (Wildman–Crippen MR) is 356 cm³/mol. The summed E-state index contributed by atoms with van der Waals surface area (Å²) in [6, 6.07) is 59.2. The molecule has 11 heteroatoms. The van der Waals surface area contributed by atoms with Gasteiger partial charge in [-0.05, 0) is 216 Å². The summed E-state index contributed by atoms with van der Waals surface area (Å²) in [5.74, 6) is -1.63. The van der Waals surface area contributed by atoms with Crippen molar-refractivity contribution in [2.45, 2.75) is 174 Å². The Morgan fingerprint density at radius 2 is 0.500 bits per heavy atom. The molecule has 0 fully saturated rings. The zero-order valence-corrected chi connectivity index (χ0v) is 52.9. The molecule has 0 atom stereocenters. The van der Waals surface area contributed by atoms with Crippen molar-refractivity contribution in [1.29, 1.82) is 0 Å². The first kappa shape index (κ1) is 70.3. The van der Waals surface area contributed by atoms with Gasteiger partial charge in [0.15, 0.2) is 11.6 Å². The van der Waals surface area contributed by atoms with E-state index in [4.69, 9.17) is 4.52 Å². The fourth-order valence-electron chi connectivity index (χ4n) is 7.27. The number of hydrogen-bond acceptors (Lipinski definition) is 9. The molecule has 0 spiro atoms. The van der Waals surface area contributed by atoms with Gasteiger partial charge in [-0.2, -0.15) is 0 Å². The van der Waals surface area contributed by atoms with Crippen molar-refractivity contribution < 1.29 is 13.3 Å². The Morgan fingerprint density at radius 1 is 0.280 bits per heavy atom. The SMILES string of the molecule is CC(C)Nc1ccc(-c2ccon2)cc1.CC(C)Nc1ccc(F)c(F)c1.Cc1ccc(NC(C)C)cc1.Cc1ccc(NC(C)C)cc1.Cc1ccc(NC(C)C)cc1.Cc1ccc(NC(C)C)cc1.Cc1ccc(NC(C)C)cc1. The fraction of sp³-hybridized carbons (Fsp3) is 0.366. The van der Waals surface area contributed by atoms with E-state index < -0.39 is 11.6 Å². The number of nitrogens with one attached hydrogen (secondary N) is 7. The second-order valence-electron chi connectivity index (χ2n) is 22.5. The van der Waals surface area contributed by atoms with Gasteiger partial charge in [-0.25, -0.2) is 8.78 Å². The van der Waals surface area contributed by atoms with Crippen LogP contribution in [-0.2, 0) is 0 Å². The first-order chi connectivity index (χ1) is 38.8. The second kappa shape index (κ2) is 38.8. The Balaban J connectivity index is 0.000000328. The van der Waals surface area contributed by atoms with Crippen LogP contribution < -0.4 is 37.2 Å². The third-order valence-corrected chi connectivity index (χ3v) is 11.0. The van der Waals surface area contributed by atoms with E-state index in [2.05, 4.69) is 281 Å². The first-order valence-electron chi connectivity index (χ1n) is 28.9. The van der Waals surface area contributed by atoms with Crippen LogP contribution in [0.2, 0.25) is 0 Å². The molecule has 0 amide bonds. The van der Waals surface area contributed by atoms with Crippen molar-refractivity contribution >= 4 is 39.8 Å². The number of hydrogen-bond donors (Lipinski definition) is 7. The van der Waals surface area contributed by atoms with Gasteiger partial charge in [0.05, 0.1) is 0 Å². The first-order valence-corrected chi connectivity index (χ1v) is 28.9. The third-order valence-electron chi connectivity index (χ3n) is 11.0. The number of rotatable bonds is 15. The summed E-state index contributed by atoms with van der Waals surface area (Å²) in [6.07, 6.45) is 1.58. The van der Waals surface area contributed by atoms with Gasteiger partial charge in [0, 0.05) is 99.8 Å². The van der Waals surface area contributed by atoms with Crippen LogP contribution in [0.1, 0.15) is 125 Å². The fourth-order valence-corrected chi connectivity index (χ4v) is 7.27. The Kier molecular flexibility index (Phi) is 33.3. The summed E-state index contributed by atoms with van der Waals surface area (Å²) in [4.78, 5) is 0. The summed E-state index contributed by atoms with van der Waals surface area (Å²) in [5, 5.41) is 26.8. The minimum Gasteiger partial charge on any atom is -0.383 e. The van der Waals surface area contributed by atoms with Gasteiger partial charge in [0.2, 0.25) is 0 Å². The van der Waals surface area contributed by atoms with Crippen LogP contribution in [-0.4, -0.2) is 47.4 Å². The molecule has 0 radical (unpaired) electrons. The Hall–Kier alpha value is -7.79. The summed E-state index contributed by atoms with van der Waals surface area (Å²) < 4.78 is 29.8. The summed E-state index contributed by atoms with van der Waals surface area (Å²) in [6.45, 7) is 40.0. The Labute approximate surface area is 493 Å². The summed E-state index contributed by atoms with van der Waals surface area (Å²) in [7, 11) is 0. The summed E-state index contributed by atoms with van der Waals surface area (Å²) >= 11 is 0. The quantitative estimate of drug-likeness (QED) is 0.0540. The van der Waals surface area contributed by atoms with E-state index in [1.807, 2.05) is 44.2 Å². The van der Waals surface area contributed by atoms with E-state index in [-0.39, 0.29) is 6.04 Å². The van der Waals surface area contributed by atoms with Crippen molar-refractivity contribution in [2.75, 3.05) is 37.2 Å². The molecule has 0 unspecified atom stereocenters. The highest BCUT2D eigenvalue weighted by Gasteiger charge is 2.04. The lowest BCUT2D eigenvalue weighted by molar-refractivity contribution is 0.422. The number of aryl methyl sites for hydroxylation is 5. The molecular weight excluding hydrogens is 1020 g/mol. The van der Waals surface area contributed by atoms with E-state index in [0.29, 0.717) is 41.9 Å².